The van der Waals surface area contributed by atoms with Gasteiger partial charge in [0.25, 0.3) is 0 Å². The first kappa shape index (κ1) is 12.9. The number of carbonyl (C=O) groups is 2. The minimum Gasteiger partial charge on any atom is -0.481 e. The molecule has 14 heavy (non-hydrogen) atoms. The van der Waals surface area contributed by atoms with Gasteiger partial charge in [0.05, 0.1) is 0 Å². The number of hydrogen-bond donors (Lipinski definition) is 2. The minimum atomic E-state index is -0.741. The minimum absolute atomic E-state index is 0.228. The summed E-state index contributed by atoms with van der Waals surface area (Å²) in [5.41, 5.74) is 0. The molecule has 0 aliphatic carbocycles. The van der Waals surface area contributed by atoms with Crippen molar-refractivity contribution in [2.75, 3.05) is 6.54 Å². The van der Waals surface area contributed by atoms with E-state index in [4.69, 9.17) is 5.11 Å². The van der Waals surface area contributed by atoms with Gasteiger partial charge in [-0.3, -0.25) is 9.59 Å². The highest BCUT2D eigenvalue weighted by atomic mass is 16.4. The van der Waals surface area contributed by atoms with Gasteiger partial charge in [0.2, 0.25) is 6.41 Å². The monoisotopic (exact) mass is 201 g/mol. The van der Waals surface area contributed by atoms with Crippen LogP contribution in [-0.4, -0.2) is 24.0 Å². The first-order valence-electron chi connectivity index (χ1n) is 5.09. The number of aliphatic carboxylic acids is 1. The number of carbonyl (C=O) groups excluding carboxylic acids is 1. The molecular formula is C10H19NO3. The first-order valence-corrected chi connectivity index (χ1v) is 5.09. The van der Waals surface area contributed by atoms with Crippen molar-refractivity contribution in [2.45, 2.75) is 39.0 Å². The zero-order valence-electron chi connectivity index (χ0n) is 8.66. The van der Waals surface area contributed by atoms with Crippen LogP contribution in [0.3, 0.4) is 0 Å². The summed E-state index contributed by atoms with van der Waals surface area (Å²) < 4.78 is 0. The third-order valence-corrected chi connectivity index (χ3v) is 2.24. The predicted octanol–water partition coefficient (Wildman–Crippen LogP) is 1.40. The van der Waals surface area contributed by atoms with Gasteiger partial charge < -0.3 is 10.4 Å². The van der Waals surface area contributed by atoms with E-state index >= 15 is 0 Å². The molecule has 0 radical (unpaired) electrons. The number of nitrogens with one attached hydrogen (secondary N) is 1. The number of rotatable bonds is 9. The second-order valence-electron chi connectivity index (χ2n) is 3.45. The lowest BCUT2D eigenvalue weighted by molar-refractivity contribution is -0.137. The fraction of sp³-hybridized carbons (Fsp3) is 0.800. The molecule has 0 spiro atoms. The zero-order valence-corrected chi connectivity index (χ0v) is 8.66. The molecule has 0 aromatic rings. The van der Waals surface area contributed by atoms with Gasteiger partial charge in [-0.25, -0.2) is 0 Å². The van der Waals surface area contributed by atoms with Crippen molar-refractivity contribution in [1.82, 2.24) is 5.32 Å². The average Bonchev–Trinajstić information content (AvgIpc) is 2.14. The van der Waals surface area contributed by atoms with Crippen LogP contribution in [0.4, 0.5) is 0 Å². The quantitative estimate of drug-likeness (QED) is 0.438. The lowest BCUT2D eigenvalue weighted by Crippen LogP contribution is -2.16. The normalized spacial score (nSPS) is 12.1. The number of amides is 1. The Labute approximate surface area is 84.7 Å². The number of carboxylic acid groups (broad SMARTS) is 1. The molecule has 1 unspecified atom stereocenters. The van der Waals surface area contributed by atoms with Crippen LogP contribution in [0.5, 0.6) is 0 Å². The molecule has 0 aromatic heterocycles. The summed E-state index contributed by atoms with van der Waals surface area (Å²) in [4.78, 5) is 20.4. The molecular weight excluding hydrogens is 182 g/mol. The molecule has 0 aliphatic heterocycles. The Kier molecular flexibility index (Phi) is 7.89. The molecule has 2 N–H and O–H groups in total. The average molecular weight is 201 g/mol. The van der Waals surface area contributed by atoms with E-state index in [1.165, 1.54) is 0 Å². The van der Waals surface area contributed by atoms with E-state index in [-0.39, 0.29) is 6.42 Å². The summed E-state index contributed by atoms with van der Waals surface area (Å²) in [6, 6.07) is 0. The van der Waals surface area contributed by atoms with E-state index in [1.54, 1.807) is 0 Å². The van der Waals surface area contributed by atoms with Gasteiger partial charge in [0, 0.05) is 13.0 Å². The Morgan fingerprint density at radius 3 is 2.64 bits per heavy atom. The van der Waals surface area contributed by atoms with Gasteiger partial charge in [0.1, 0.15) is 0 Å². The maximum atomic E-state index is 10.4. The van der Waals surface area contributed by atoms with Gasteiger partial charge in [-0.05, 0) is 18.8 Å². The van der Waals surface area contributed by atoms with Crippen LogP contribution in [0, 0.1) is 5.92 Å². The Bertz CT molecular complexity index is 171. The molecule has 4 heteroatoms. The van der Waals surface area contributed by atoms with Gasteiger partial charge in [-0.1, -0.05) is 19.8 Å². The van der Waals surface area contributed by atoms with Crippen molar-refractivity contribution >= 4 is 12.4 Å². The van der Waals surface area contributed by atoms with Crippen LogP contribution in [0.15, 0.2) is 0 Å². The summed E-state index contributed by atoms with van der Waals surface area (Å²) in [5.74, 6) is -0.321. The molecule has 0 fully saturated rings. The third-order valence-electron chi connectivity index (χ3n) is 2.24. The standard InChI is InChI=1S/C10H19NO3/c1-2-3-9(4-5-10(13)14)6-7-11-8-12/h8-9H,2-7H2,1H3,(H,11,12)(H,13,14). The number of hydrogen-bond acceptors (Lipinski definition) is 2. The molecule has 0 bridgehead atoms. The number of carboxylic acids is 1. The van der Waals surface area contributed by atoms with Crippen molar-refractivity contribution in [3.05, 3.63) is 0 Å². The van der Waals surface area contributed by atoms with Crippen molar-refractivity contribution < 1.29 is 14.7 Å². The molecule has 4 nitrogen and oxygen atoms in total. The van der Waals surface area contributed by atoms with E-state index in [0.717, 1.165) is 19.3 Å². The lowest BCUT2D eigenvalue weighted by Gasteiger charge is -2.14. The van der Waals surface area contributed by atoms with Crippen LogP contribution in [0.25, 0.3) is 0 Å². The van der Waals surface area contributed by atoms with E-state index in [9.17, 15) is 9.59 Å². The smallest absolute Gasteiger partial charge is 0.303 e. The van der Waals surface area contributed by atoms with E-state index in [1.807, 2.05) is 0 Å². The van der Waals surface area contributed by atoms with Crippen molar-refractivity contribution in [3.8, 4) is 0 Å². The predicted molar refractivity (Wildman–Crippen MR) is 54.0 cm³/mol. The summed E-state index contributed by atoms with van der Waals surface area (Å²) in [5, 5.41) is 11.1. The molecule has 1 atom stereocenters. The van der Waals surface area contributed by atoms with Crippen LogP contribution in [0.1, 0.15) is 39.0 Å². The van der Waals surface area contributed by atoms with Crippen LogP contribution in [0.2, 0.25) is 0 Å². The Morgan fingerprint density at radius 1 is 1.43 bits per heavy atom. The fourth-order valence-electron chi connectivity index (χ4n) is 1.52. The second-order valence-corrected chi connectivity index (χ2v) is 3.45. The van der Waals surface area contributed by atoms with Gasteiger partial charge in [-0.15, -0.1) is 0 Å². The second kappa shape index (κ2) is 8.53. The largest absolute Gasteiger partial charge is 0.481 e. The molecule has 0 saturated carbocycles. The van der Waals surface area contributed by atoms with Crippen LogP contribution >= 0.6 is 0 Å². The van der Waals surface area contributed by atoms with Gasteiger partial charge in [-0.2, -0.15) is 0 Å². The van der Waals surface area contributed by atoms with Crippen LogP contribution < -0.4 is 5.32 Å². The summed E-state index contributed by atoms with van der Waals surface area (Å²) >= 11 is 0. The Hall–Kier alpha value is -1.06. The highest BCUT2D eigenvalue weighted by Crippen LogP contribution is 2.16. The molecule has 82 valence electrons. The molecule has 0 rings (SSSR count). The molecule has 0 heterocycles. The third kappa shape index (κ3) is 7.58. The summed E-state index contributed by atoms with van der Waals surface area (Å²) in [6.07, 6.45) is 4.59. The summed E-state index contributed by atoms with van der Waals surface area (Å²) in [6.45, 7) is 2.73. The van der Waals surface area contributed by atoms with Crippen LogP contribution in [-0.2, 0) is 9.59 Å². The first-order chi connectivity index (χ1) is 6.70. The maximum absolute atomic E-state index is 10.4. The lowest BCUT2D eigenvalue weighted by atomic mass is 9.94. The maximum Gasteiger partial charge on any atom is 0.303 e. The van der Waals surface area contributed by atoms with E-state index < -0.39 is 5.97 Å². The highest BCUT2D eigenvalue weighted by molar-refractivity contribution is 5.66. The van der Waals surface area contributed by atoms with Crippen molar-refractivity contribution in [3.63, 3.8) is 0 Å². The van der Waals surface area contributed by atoms with E-state index in [0.29, 0.717) is 25.3 Å². The SMILES string of the molecule is CCCC(CCNC=O)CCC(=O)O. The Morgan fingerprint density at radius 2 is 2.14 bits per heavy atom. The van der Waals surface area contributed by atoms with Crippen molar-refractivity contribution in [1.29, 1.82) is 0 Å². The highest BCUT2D eigenvalue weighted by Gasteiger charge is 2.09. The molecule has 0 aromatic carbocycles. The van der Waals surface area contributed by atoms with Gasteiger partial charge >= 0.3 is 5.97 Å². The summed E-state index contributed by atoms with van der Waals surface area (Å²) in [7, 11) is 0. The van der Waals surface area contributed by atoms with Crippen molar-refractivity contribution in [2.24, 2.45) is 5.92 Å². The fourth-order valence-corrected chi connectivity index (χ4v) is 1.52. The molecule has 1 amide bonds. The zero-order chi connectivity index (χ0) is 10.8. The van der Waals surface area contributed by atoms with E-state index in [2.05, 4.69) is 12.2 Å². The molecule has 0 aliphatic rings. The molecule has 0 saturated heterocycles. The topological polar surface area (TPSA) is 66.4 Å². The Balaban J connectivity index is 3.64. The van der Waals surface area contributed by atoms with Gasteiger partial charge in [0.15, 0.2) is 0 Å².